The van der Waals surface area contributed by atoms with Gasteiger partial charge in [-0.25, -0.2) is 18.7 Å². The molecule has 3 amide bonds. The summed E-state index contributed by atoms with van der Waals surface area (Å²) >= 11 is 0. The van der Waals surface area contributed by atoms with Gasteiger partial charge < -0.3 is 16.0 Å². The van der Waals surface area contributed by atoms with Gasteiger partial charge >= 0.3 is 0 Å². The Morgan fingerprint density at radius 3 is 2.39 bits per heavy atom. The molecule has 1 saturated carbocycles. The number of nitrogens with zero attached hydrogens (tertiary/aromatic N) is 2. The first-order chi connectivity index (χ1) is 17.1. The van der Waals surface area contributed by atoms with Crippen molar-refractivity contribution in [1.29, 1.82) is 0 Å². The highest BCUT2D eigenvalue weighted by molar-refractivity contribution is 6.38. The van der Waals surface area contributed by atoms with Crippen molar-refractivity contribution in [1.82, 2.24) is 25.9 Å². The molecule has 3 N–H and O–H groups in total. The molecule has 9 nitrogen and oxygen atoms in total. The zero-order valence-electron chi connectivity index (χ0n) is 19.9. The predicted octanol–water partition coefficient (Wildman–Crippen LogP) is 1.72. The smallest absolute Gasteiger partial charge is 0.289 e. The van der Waals surface area contributed by atoms with Crippen LogP contribution in [0, 0.1) is 5.92 Å². The molecule has 0 aliphatic heterocycles. The van der Waals surface area contributed by atoms with Crippen LogP contribution in [-0.4, -0.2) is 51.5 Å². The number of carbonyl (C=O) groups is 4. The zero-order chi connectivity index (χ0) is 26.1. The summed E-state index contributed by atoms with van der Waals surface area (Å²) in [6, 6.07) is 8.23. The molecule has 3 rings (SSSR count). The van der Waals surface area contributed by atoms with E-state index < -0.39 is 47.4 Å². The van der Waals surface area contributed by atoms with Crippen LogP contribution in [0.15, 0.2) is 48.9 Å². The average molecular weight is 502 g/mol. The maximum atomic E-state index is 13.4. The minimum atomic E-state index is -2.77. The van der Waals surface area contributed by atoms with Gasteiger partial charge in [-0.3, -0.25) is 19.2 Å². The number of nitrogens with one attached hydrogen (secondary N) is 3. The lowest BCUT2D eigenvalue weighted by molar-refractivity contribution is -0.140. The lowest BCUT2D eigenvalue weighted by Gasteiger charge is -2.28. The Kier molecular flexibility index (Phi) is 9.15. The number of halogens is 2. The second kappa shape index (κ2) is 12.3. The van der Waals surface area contributed by atoms with E-state index in [9.17, 15) is 28.0 Å². The molecular formula is C25H29F2N5O4. The van der Waals surface area contributed by atoms with Crippen molar-refractivity contribution in [2.24, 2.45) is 5.92 Å². The Morgan fingerprint density at radius 1 is 1.06 bits per heavy atom. The van der Waals surface area contributed by atoms with Crippen LogP contribution in [0.5, 0.6) is 0 Å². The van der Waals surface area contributed by atoms with Gasteiger partial charge in [0.2, 0.25) is 23.5 Å². The zero-order valence-corrected chi connectivity index (χ0v) is 19.9. The van der Waals surface area contributed by atoms with Crippen LogP contribution in [0.4, 0.5) is 8.78 Å². The van der Waals surface area contributed by atoms with Crippen molar-refractivity contribution in [2.75, 3.05) is 0 Å². The van der Waals surface area contributed by atoms with E-state index >= 15 is 0 Å². The second-order valence-corrected chi connectivity index (χ2v) is 8.86. The SMILES string of the molecule is C[C@@H](NC(=O)C1CCC(F)(F)CC1)C(=O)N[C@H](Cc1ccccc1)C(=O)C(=O)NCc1ccncn1. The highest BCUT2D eigenvalue weighted by Crippen LogP contribution is 2.36. The molecule has 1 aliphatic carbocycles. The molecule has 0 spiro atoms. The molecule has 0 bridgehead atoms. The van der Waals surface area contributed by atoms with Gasteiger partial charge in [-0.15, -0.1) is 0 Å². The van der Waals surface area contributed by atoms with Gasteiger partial charge in [-0.1, -0.05) is 30.3 Å². The van der Waals surface area contributed by atoms with Gasteiger partial charge in [0.05, 0.1) is 12.2 Å². The Balaban J connectivity index is 1.61. The summed E-state index contributed by atoms with van der Waals surface area (Å²) in [5, 5.41) is 7.58. The number of alkyl halides is 2. The van der Waals surface area contributed by atoms with Gasteiger partial charge in [-0.05, 0) is 31.4 Å². The van der Waals surface area contributed by atoms with E-state index in [1.54, 1.807) is 36.4 Å². The maximum absolute atomic E-state index is 13.4. The highest BCUT2D eigenvalue weighted by Gasteiger charge is 2.38. The molecular weight excluding hydrogens is 472 g/mol. The Morgan fingerprint density at radius 2 is 1.75 bits per heavy atom. The van der Waals surface area contributed by atoms with Gasteiger partial charge in [0.1, 0.15) is 18.4 Å². The molecule has 2 atom stereocenters. The molecule has 2 aromatic rings. The van der Waals surface area contributed by atoms with E-state index in [1.165, 1.54) is 19.4 Å². The number of amides is 3. The van der Waals surface area contributed by atoms with Crippen molar-refractivity contribution >= 4 is 23.5 Å². The first-order valence-electron chi connectivity index (χ1n) is 11.7. The number of hydrogen-bond acceptors (Lipinski definition) is 6. The normalized spacial score (nSPS) is 16.9. The monoisotopic (exact) mass is 501 g/mol. The van der Waals surface area contributed by atoms with Crippen LogP contribution in [0.3, 0.4) is 0 Å². The van der Waals surface area contributed by atoms with Crippen LogP contribution in [-0.2, 0) is 32.1 Å². The predicted molar refractivity (Wildman–Crippen MR) is 125 cm³/mol. The highest BCUT2D eigenvalue weighted by atomic mass is 19.3. The summed E-state index contributed by atoms with van der Waals surface area (Å²) in [5.74, 6) is -6.26. The molecule has 1 fully saturated rings. The quantitative estimate of drug-likeness (QED) is 0.425. The Bertz CT molecular complexity index is 1060. The van der Waals surface area contributed by atoms with Crippen molar-refractivity contribution in [3.63, 3.8) is 0 Å². The standard InChI is InChI=1S/C25H29F2N5O4/c1-16(31-23(35)18-7-10-25(26,27)11-8-18)22(34)32-20(13-17-5-3-2-4-6-17)21(33)24(36)29-14-19-9-12-28-15-30-19/h2-6,9,12,15-16,18,20H,7-8,10-11,13-14H2,1H3,(H,29,36)(H,31,35)(H,32,34)/t16-,20-/m1/s1. The van der Waals surface area contributed by atoms with Crippen LogP contribution in [0.2, 0.25) is 0 Å². The fraction of sp³-hybridized carbons (Fsp3) is 0.440. The van der Waals surface area contributed by atoms with Crippen LogP contribution < -0.4 is 16.0 Å². The van der Waals surface area contributed by atoms with Crippen LogP contribution in [0.1, 0.15) is 43.9 Å². The molecule has 1 aromatic carbocycles. The van der Waals surface area contributed by atoms with Crippen molar-refractivity contribution in [2.45, 2.75) is 63.6 Å². The third kappa shape index (κ3) is 7.89. The lowest BCUT2D eigenvalue weighted by atomic mass is 9.86. The van der Waals surface area contributed by atoms with Gasteiger partial charge in [0.25, 0.3) is 5.91 Å². The molecule has 11 heteroatoms. The number of Topliss-reactive ketones (excluding diaryl/α,β-unsaturated/α-hetero) is 1. The third-order valence-electron chi connectivity index (χ3n) is 6.05. The number of ketones is 1. The number of carbonyl (C=O) groups excluding carboxylic acids is 4. The summed E-state index contributed by atoms with van der Waals surface area (Å²) in [5.41, 5.74) is 1.23. The van der Waals surface area contributed by atoms with Crippen molar-refractivity contribution in [3.05, 3.63) is 60.2 Å². The fourth-order valence-corrected chi connectivity index (χ4v) is 3.89. The maximum Gasteiger partial charge on any atom is 0.289 e. The first-order valence-corrected chi connectivity index (χ1v) is 11.7. The average Bonchev–Trinajstić information content (AvgIpc) is 2.87. The number of hydrogen-bond donors (Lipinski definition) is 3. The van der Waals surface area contributed by atoms with E-state index in [1.807, 2.05) is 0 Å². The van der Waals surface area contributed by atoms with Crippen LogP contribution in [0.25, 0.3) is 0 Å². The van der Waals surface area contributed by atoms with Crippen molar-refractivity contribution < 1.29 is 28.0 Å². The topological polar surface area (TPSA) is 130 Å². The molecule has 1 aromatic heterocycles. The number of rotatable bonds is 10. The third-order valence-corrected chi connectivity index (χ3v) is 6.05. The van der Waals surface area contributed by atoms with E-state index in [0.29, 0.717) is 5.69 Å². The minimum absolute atomic E-state index is 0.00594. The van der Waals surface area contributed by atoms with E-state index in [4.69, 9.17) is 0 Å². The lowest BCUT2D eigenvalue weighted by Crippen LogP contribution is -2.54. The largest absolute Gasteiger partial charge is 0.344 e. The molecule has 1 aliphatic rings. The fourth-order valence-electron chi connectivity index (χ4n) is 3.89. The summed E-state index contributed by atoms with van der Waals surface area (Å²) in [4.78, 5) is 58.6. The van der Waals surface area contributed by atoms with E-state index in [-0.39, 0.29) is 38.6 Å². The number of benzene rings is 1. The summed E-state index contributed by atoms with van der Waals surface area (Å²) < 4.78 is 26.8. The molecule has 0 unspecified atom stereocenters. The molecule has 0 radical (unpaired) electrons. The first kappa shape index (κ1) is 26.8. The van der Waals surface area contributed by atoms with Gasteiger partial charge in [-0.2, -0.15) is 0 Å². The van der Waals surface area contributed by atoms with E-state index in [0.717, 1.165) is 5.56 Å². The minimum Gasteiger partial charge on any atom is -0.344 e. The van der Waals surface area contributed by atoms with Gasteiger partial charge in [0, 0.05) is 31.4 Å². The van der Waals surface area contributed by atoms with Gasteiger partial charge in [0.15, 0.2) is 0 Å². The molecule has 192 valence electrons. The van der Waals surface area contributed by atoms with Crippen molar-refractivity contribution in [3.8, 4) is 0 Å². The number of aromatic nitrogens is 2. The molecule has 1 heterocycles. The Labute approximate surface area is 207 Å². The summed E-state index contributed by atoms with van der Waals surface area (Å²) in [7, 11) is 0. The van der Waals surface area contributed by atoms with E-state index in [2.05, 4.69) is 25.9 Å². The van der Waals surface area contributed by atoms with Crippen LogP contribution >= 0.6 is 0 Å². The summed E-state index contributed by atoms with van der Waals surface area (Å²) in [6.07, 6.45) is 2.21. The molecule has 36 heavy (non-hydrogen) atoms. The second-order valence-electron chi connectivity index (χ2n) is 8.86. The summed E-state index contributed by atoms with van der Waals surface area (Å²) in [6.45, 7) is 1.44. The molecule has 0 saturated heterocycles. The Hall–Kier alpha value is -3.76.